The van der Waals surface area contributed by atoms with Gasteiger partial charge in [0, 0.05) is 6.20 Å². The van der Waals surface area contributed by atoms with E-state index in [1.54, 1.807) is 0 Å². The van der Waals surface area contributed by atoms with Gasteiger partial charge in [0.25, 0.3) is 0 Å². The lowest BCUT2D eigenvalue weighted by molar-refractivity contribution is -0.0217. The van der Waals surface area contributed by atoms with Gasteiger partial charge in [0.15, 0.2) is 0 Å². The first kappa shape index (κ1) is 14.6. The molecule has 0 aromatic carbocycles. The van der Waals surface area contributed by atoms with E-state index in [2.05, 4.69) is 16.8 Å². The highest BCUT2D eigenvalue weighted by molar-refractivity contribution is 8.06. The van der Waals surface area contributed by atoms with Crippen molar-refractivity contribution in [3.8, 4) is 0 Å². The van der Waals surface area contributed by atoms with Crippen molar-refractivity contribution in [1.29, 1.82) is 0 Å². The topological polar surface area (TPSA) is 120 Å². The van der Waals surface area contributed by atoms with Crippen LogP contribution in [0.15, 0.2) is 17.1 Å². The number of nitrogens with zero attached hydrogens (tertiary/aromatic N) is 2. The highest BCUT2D eigenvalue weighted by atomic mass is 32.5. The molecule has 8 nitrogen and oxygen atoms in total. The van der Waals surface area contributed by atoms with Crippen LogP contribution in [0.1, 0.15) is 19.1 Å². The Balaban J connectivity index is 1.98. The van der Waals surface area contributed by atoms with E-state index in [1.807, 2.05) is 0 Å². The Hall–Kier alpha value is -0.830. The standard InChI is InChI=1S/C9H14N3O5PS/c10-7-3-4-12(9(13)11-7)8-2-1-6(17-8)5-16-18(14,15)19/h3-4,6,8H,1-2,5H2,(H2,10,11,13)(H2,14,15,19)/t6-,8?/m0/s1. The van der Waals surface area contributed by atoms with Gasteiger partial charge >= 0.3 is 12.4 Å². The second kappa shape index (κ2) is 5.66. The highest BCUT2D eigenvalue weighted by Crippen LogP contribution is 2.38. The van der Waals surface area contributed by atoms with Crippen LogP contribution in [0.5, 0.6) is 0 Å². The fourth-order valence-corrected chi connectivity index (χ4v) is 2.38. The third-order valence-electron chi connectivity index (χ3n) is 2.68. The minimum absolute atomic E-state index is 0.0159. The monoisotopic (exact) mass is 307 g/mol. The molecule has 0 bridgehead atoms. The van der Waals surface area contributed by atoms with E-state index in [9.17, 15) is 4.79 Å². The van der Waals surface area contributed by atoms with Gasteiger partial charge < -0.3 is 24.8 Å². The fraction of sp³-hybridized carbons (Fsp3) is 0.556. The maximum absolute atomic E-state index is 11.6. The predicted octanol–water partition coefficient (Wildman–Crippen LogP) is -0.271. The largest absolute Gasteiger partial charge is 0.383 e. The Bertz CT molecular complexity index is 559. The summed E-state index contributed by atoms with van der Waals surface area (Å²) in [5.74, 6) is 0.153. The predicted molar refractivity (Wildman–Crippen MR) is 70.7 cm³/mol. The lowest BCUT2D eigenvalue weighted by Crippen LogP contribution is -2.27. The van der Waals surface area contributed by atoms with Gasteiger partial charge in [-0.25, -0.2) is 4.79 Å². The minimum Gasteiger partial charge on any atom is -0.383 e. The van der Waals surface area contributed by atoms with Crippen LogP contribution in [0, 0.1) is 0 Å². The van der Waals surface area contributed by atoms with Gasteiger partial charge in [-0.3, -0.25) is 4.57 Å². The van der Waals surface area contributed by atoms with Gasteiger partial charge in [-0.1, -0.05) is 0 Å². The van der Waals surface area contributed by atoms with Crippen LogP contribution in [0.3, 0.4) is 0 Å². The zero-order valence-electron chi connectivity index (χ0n) is 9.88. The first-order valence-electron chi connectivity index (χ1n) is 5.55. The second-order valence-corrected chi connectivity index (χ2v) is 6.79. The normalized spacial score (nSPS) is 23.7. The van der Waals surface area contributed by atoms with Crippen molar-refractivity contribution < 1.29 is 19.0 Å². The molecule has 4 N–H and O–H groups in total. The van der Waals surface area contributed by atoms with E-state index in [0.29, 0.717) is 12.8 Å². The number of anilines is 1. The molecule has 19 heavy (non-hydrogen) atoms. The Morgan fingerprint density at radius 1 is 1.63 bits per heavy atom. The molecule has 0 aliphatic carbocycles. The van der Waals surface area contributed by atoms with Gasteiger partial charge in [-0.05, 0) is 30.7 Å². The minimum atomic E-state index is -3.67. The third-order valence-corrected chi connectivity index (χ3v) is 3.48. The van der Waals surface area contributed by atoms with Crippen LogP contribution in [-0.2, 0) is 21.1 Å². The molecule has 1 fully saturated rings. The SMILES string of the molecule is Nc1ccn(C2CC[C@@H](COP(O)(O)=S)O2)c(=O)n1. The molecule has 0 radical (unpaired) electrons. The summed E-state index contributed by atoms with van der Waals surface area (Å²) in [7, 11) is 0. The molecule has 10 heteroatoms. The van der Waals surface area contributed by atoms with Crippen molar-refractivity contribution in [2.45, 2.75) is 25.2 Å². The zero-order chi connectivity index (χ0) is 14.0. The van der Waals surface area contributed by atoms with Crippen molar-refractivity contribution in [2.75, 3.05) is 12.3 Å². The summed E-state index contributed by atoms with van der Waals surface area (Å²) >= 11 is 4.34. The van der Waals surface area contributed by atoms with Crippen molar-refractivity contribution >= 4 is 24.3 Å². The number of aromatic nitrogens is 2. The van der Waals surface area contributed by atoms with Crippen LogP contribution < -0.4 is 11.4 Å². The van der Waals surface area contributed by atoms with Crippen molar-refractivity contribution in [3.05, 3.63) is 22.7 Å². The summed E-state index contributed by atoms with van der Waals surface area (Å²) in [6.45, 7) is -3.69. The Kier molecular flexibility index (Phi) is 4.34. The van der Waals surface area contributed by atoms with Crippen LogP contribution in [0.25, 0.3) is 0 Å². The number of hydrogen-bond acceptors (Lipinski definition) is 6. The summed E-state index contributed by atoms with van der Waals surface area (Å²) in [5.41, 5.74) is 4.92. The van der Waals surface area contributed by atoms with Crippen molar-refractivity contribution in [1.82, 2.24) is 9.55 Å². The molecule has 2 atom stereocenters. The molecule has 1 aromatic heterocycles. The summed E-state index contributed by atoms with van der Waals surface area (Å²) < 4.78 is 11.6. The molecule has 2 rings (SSSR count). The first-order valence-corrected chi connectivity index (χ1v) is 8.18. The van der Waals surface area contributed by atoms with E-state index >= 15 is 0 Å². The molecule has 1 unspecified atom stereocenters. The van der Waals surface area contributed by atoms with E-state index in [1.165, 1.54) is 16.8 Å². The molecular formula is C9H14N3O5PS. The fourth-order valence-electron chi connectivity index (χ4n) is 1.84. The molecule has 1 saturated heterocycles. The smallest absolute Gasteiger partial charge is 0.351 e. The van der Waals surface area contributed by atoms with Crippen LogP contribution in [-0.4, -0.2) is 32.0 Å². The van der Waals surface area contributed by atoms with Gasteiger partial charge in [-0.2, -0.15) is 4.98 Å². The first-order chi connectivity index (χ1) is 8.85. The maximum Gasteiger partial charge on any atom is 0.351 e. The van der Waals surface area contributed by atoms with Crippen molar-refractivity contribution in [3.63, 3.8) is 0 Å². The Morgan fingerprint density at radius 2 is 2.37 bits per heavy atom. The molecule has 0 saturated carbocycles. The van der Waals surface area contributed by atoms with Crippen LogP contribution >= 0.6 is 6.72 Å². The molecule has 2 heterocycles. The van der Waals surface area contributed by atoms with Crippen molar-refractivity contribution in [2.24, 2.45) is 0 Å². The van der Waals surface area contributed by atoms with Gasteiger partial charge in [0.1, 0.15) is 12.0 Å². The third kappa shape index (κ3) is 4.07. The molecule has 1 aliphatic rings. The number of nitrogen functional groups attached to an aromatic ring is 1. The quantitative estimate of drug-likeness (QED) is 0.650. The van der Waals surface area contributed by atoms with E-state index in [4.69, 9.17) is 24.8 Å². The molecule has 106 valence electrons. The zero-order valence-corrected chi connectivity index (χ0v) is 11.6. The number of nitrogens with two attached hydrogens (primary N) is 1. The summed E-state index contributed by atoms with van der Waals surface area (Å²) in [6, 6.07) is 1.51. The molecule has 1 aliphatic heterocycles. The van der Waals surface area contributed by atoms with Crippen LogP contribution in [0.2, 0.25) is 0 Å². The number of rotatable bonds is 4. The van der Waals surface area contributed by atoms with Crippen LogP contribution in [0.4, 0.5) is 5.82 Å². The molecule has 1 aromatic rings. The summed E-state index contributed by atoms with van der Waals surface area (Å²) in [6.07, 6.45) is 1.94. The average Bonchev–Trinajstić information content (AvgIpc) is 2.74. The lowest BCUT2D eigenvalue weighted by atomic mass is 10.2. The Morgan fingerprint density at radius 3 is 3.00 bits per heavy atom. The summed E-state index contributed by atoms with van der Waals surface area (Å²) in [5, 5.41) is 0. The average molecular weight is 307 g/mol. The van der Waals surface area contributed by atoms with E-state index in [-0.39, 0.29) is 18.5 Å². The lowest BCUT2D eigenvalue weighted by Gasteiger charge is -2.16. The molecular weight excluding hydrogens is 293 g/mol. The van der Waals surface area contributed by atoms with Gasteiger partial charge in [0.05, 0.1) is 12.7 Å². The highest BCUT2D eigenvalue weighted by Gasteiger charge is 2.28. The van der Waals surface area contributed by atoms with E-state index in [0.717, 1.165) is 0 Å². The summed E-state index contributed by atoms with van der Waals surface area (Å²) in [4.78, 5) is 33.2. The Labute approximate surface area is 114 Å². The number of ether oxygens (including phenoxy) is 1. The van der Waals surface area contributed by atoms with Gasteiger partial charge in [0.2, 0.25) is 0 Å². The molecule has 0 amide bonds. The molecule has 0 spiro atoms. The maximum atomic E-state index is 11.6. The van der Waals surface area contributed by atoms with E-state index < -0.39 is 18.6 Å². The second-order valence-electron chi connectivity index (χ2n) is 4.12. The van der Waals surface area contributed by atoms with Gasteiger partial charge in [-0.15, -0.1) is 0 Å². The number of hydrogen-bond donors (Lipinski definition) is 3.